The van der Waals surface area contributed by atoms with E-state index >= 15 is 0 Å². The first-order valence-electron chi connectivity index (χ1n) is 3.92. The standard InChI is InChI=1S/C10H8O2S/c11-7-12-5-8-6-13-10-4-2-1-3-9(8)10/h1-4,6-7H,5H2. The van der Waals surface area contributed by atoms with E-state index in [1.807, 2.05) is 23.6 Å². The molecule has 2 rings (SSSR count). The molecule has 0 fully saturated rings. The molecule has 1 heterocycles. The van der Waals surface area contributed by atoms with Crippen molar-refractivity contribution in [1.29, 1.82) is 0 Å². The van der Waals surface area contributed by atoms with Gasteiger partial charge in [-0.3, -0.25) is 4.79 Å². The van der Waals surface area contributed by atoms with Crippen molar-refractivity contribution in [3.05, 3.63) is 35.2 Å². The van der Waals surface area contributed by atoms with Crippen molar-refractivity contribution < 1.29 is 9.53 Å². The van der Waals surface area contributed by atoms with Crippen LogP contribution < -0.4 is 0 Å². The molecule has 1 aromatic heterocycles. The highest BCUT2D eigenvalue weighted by Gasteiger charge is 2.02. The van der Waals surface area contributed by atoms with Crippen LogP contribution in [0.2, 0.25) is 0 Å². The zero-order valence-electron chi connectivity index (χ0n) is 6.90. The Labute approximate surface area is 79.8 Å². The Morgan fingerprint density at radius 2 is 2.23 bits per heavy atom. The molecule has 0 radical (unpaired) electrons. The Hall–Kier alpha value is -1.35. The Morgan fingerprint density at radius 1 is 1.38 bits per heavy atom. The summed E-state index contributed by atoms with van der Waals surface area (Å²) in [5, 5.41) is 3.20. The van der Waals surface area contributed by atoms with Crippen molar-refractivity contribution in [3.63, 3.8) is 0 Å². The van der Waals surface area contributed by atoms with Crippen LogP contribution in [0.4, 0.5) is 0 Å². The quantitative estimate of drug-likeness (QED) is 0.698. The second-order valence-electron chi connectivity index (χ2n) is 2.66. The zero-order chi connectivity index (χ0) is 9.10. The topological polar surface area (TPSA) is 26.3 Å². The molecule has 2 nitrogen and oxygen atoms in total. The molecule has 0 saturated carbocycles. The minimum atomic E-state index is 0.369. The average molecular weight is 192 g/mol. The molecule has 1 aromatic carbocycles. The number of thiophene rings is 1. The minimum absolute atomic E-state index is 0.369. The first-order chi connectivity index (χ1) is 6.42. The first-order valence-corrected chi connectivity index (χ1v) is 4.80. The summed E-state index contributed by atoms with van der Waals surface area (Å²) in [4.78, 5) is 10.0. The van der Waals surface area contributed by atoms with Crippen LogP contribution in [0.15, 0.2) is 29.6 Å². The molecule has 0 spiro atoms. The fraction of sp³-hybridized carbons (Fsp3) is 0.100. The normalized spacial score (nSPS) is 10.2. The van der Waals surface area contributed by atoms with Gasteiger partial charge in [0.25, 0.3) is 6.47 Å². The van der Waals surface area contributed by atoms with Gasteiger partial charge < -0.3 is 4.74 Å². The third-order valence-electron chi connectivity index (χ3n) is 1.87. The van der Waals surface area contributed by atoms with E-state index in [0.29, 0.717) is 13.1 Å². The molecule has 2 aromatic rings. The molecular formula is C10H8O2S. The second-order valence-corrected chi connectivity index (χ2v) is 3.58. The van der Waals surface area contributed by atoms with E-state index in [1.165, 1.54) is 10.1 Å². The van der Waals surface area contributed by atoms with Crippen molar-refractivity contribution in [1.82, 2.24) is 0 Å². The van der Waals surface area contributed by atoms with Crippen molar-refractivity contribution in [2.24, 2.45) is 0 Å². The van der Waals surface area contributed by atoms with E-state index in [2.05, 4.69) is 6.07 Å². The molecule has 0 atom stereocenters. The van der Waals surface area contributed by atoms with Gasteiger partial charge >= 0.3 is 0 Å². The molecule has 0 saturated heterocycles. The molecule has 0 aliphatic heterocycles. The second kappa shape index (κ2) is 3.58. The van der Waals surface area contributed by atoms with Crippen LogP contribution in [0.1, 0.15) is 5.56 Å². The lowest BCUT2D eigenvalue weighted by Gasteiger charge is -1.95. The molecular weight excluding hydrogens is 184 g/mol. The molecule has 0 amide bonds. The van der Waals surface area contributed by atoms with Crippen LogP contribution in [0.5, 0.6) is 0 Å². The predicted molar refractivity (Wildman–Crippen MR) is 52.7 cm³/mol. The van der Waals surface area contributed by atoms with Gasteiger partial charge in [0.1, 0.15) is 6.61 Å². The summed E-state index contributed by atoms with van der Waals surface area (Å²) in [5.41, 5.74) is 1.08. The number of ether oxygens (including phenoxy) is 1. The van der Waals surface area contributed by atoms with E-state index in [9.17, 15) is 4.79 Å². The van der Waals surface area contributed by atoms with E-state index in [0.717, 1.165) is 5.56 Å². The number of fused-ring (bicyclic) bond motifs is 1. The van der Waals surface area contributed by atoms with Crippen molar-refractivity contribution in [3.8, 4) is 0 Å². The molecule has 0 unspecified atom stereocenters. The Balaban J connectivity index is 2.40. The minimum Gasteiger partial charge on any atom is -0.463 e. The van der Waals surface area contributed by atoms with E-state index < -0.39 is 0 Å². The van der Waals surface area contributed by atoms with Gasteiger partial charge in [-0.05, 0) is 16.8 Å². The van der Waals surface area contributed by atoms with Crippen LogP contribution in [0, 0.1) is 0 Å². The summed E-state index contributed by atoms with van der Waals surface area (Å²) >= 11 is 1.67. The molecule has 0 aliphatic carbocycles. The Morgan fingerprint density at radius 3 is 3.08 bits per heavy atom. The lowest BCUT2D eigenvalue weighted by Crippen LogP contribution is -1.87. The number of hydrogen-bond acceptors (Lipinski definition) is 3. The number of benzene rings is 1. The smallest absolute Gasteiger partial charge is 0.293 e. The maximum Gasteiger partial charge on any atom is 0.293 e. The van der Waals surface area contributed by atoms with Gasteiger partial charge in [0.15, 0.2) is 0 Å². The van der Waals surface area contributed by atoms with Crippen LogP contribution in [-0.2, 0) is 16.1 Å². The van der Waals surface area contributed by atoms with Crippen LogP contribution in [0.25, 0.3) is 10.1 Å². The van der Waals surface area contributed by atoms with Crippen molar-refractivity contribution >= 4 is 27.9 Å². The van der Waals surface area contributed by atoms with Crippen molar-refractivity contribution in [2.75, 3.05) is 0 Å². The van der Waals surface area contributed by atoms with Gasteiger partial charge in [-0.25, -0.2) is 0 Å². The lowest BCUT2D eigenvalue weighted by atomic mass is 10.2. The van der Waals surface area contributed by atoms with Gasteiger partial charge in [-0.2, -0.15) is 0 Å². The van der Waals surface area contributed by atoms with Gasteiger partial charge in [-0.1, -0.05) is 18.2 Å². The number of rotatable bonds is 3. The molecule has 0 aliphatic rings. The van der Waals surface area contributed by atoms with Crippen molar-refractivity contribution in [2.45, 2.75) is 6.61 Å². The summed E-state index contributed by atoms with van der Waals surface area (Å²) in [6.07, 6.45) is 0. The SMILES string of the molecule is O=COCc1csc2ccccc12. The number of hydrogen-bond donors (Lipinski definition) is 0. The maximum atomic E-state index is 10.0. The van der Waals surface area contributed by atoms with Gasteiger partial charge in [0, 0.05) is 10.3 Å². The first kappa shape index (κ1) is 8.26. The van der Waals surface area contributed by atoms with Crippen LogP contribution >= 0.6 is 11.3 Å². The highest BCUT2D eigenvalue weighted by molar-refractivity contribution is 7.17. The van der Waals surface area contributed by atoms with Crippen LogP contribution in [0.3, 0.4) is 0 Å². The molecule has 3 heteroatoms. The van der Waals surface area contributed by atoms with E-state index in [-0.39, 0.29) is 0 Å². The van der Waals surface area contributed by atoms with E-state index in [4.69, 9.17) is 4.74 Å². The lowest BCUT2D eigenvalue weighted by molar-refractivity contribution is -0.129. The molecule has 0 N–H and O–H groups in total. The monoisotopic (exact) mass is 192 g/mol. The predicted octanol–water partition coefficient (Wildman–Crippen LogP) is 2.57. The largest absolute Gasteiger partial charge is 0.463 e. The fourth-order valence-electron chi connectivity index (χ4n) is 1.27. The summed E-state index contributed by atoms with van der Waals surface area (Å²) in [6, 6.07) is 8.09. The molecule has 13 heavy (non-hydrogen) atoms. The highest BCUT2D eigenvalue weighted by Crippen LogP contribution is 2.25. The summed E-state index contributed by atoms with van der Waals surface area (Å²) in [5.74, 6) is 0. The summed E-state index contributed by atoms with van der Waals surface area (Å²) in [7, 11) is 0. The van der Waals surface area contributed by atoms with Gasteiger partial charge in [0.05, 0.1) is 0 Å². The third-order valence-corrected chi connectivity index (χ3v) is 2.88. The Kier molecular flexibility index (Phi) is 2.27. The Bertz CT molecular complexity index is 420. The number of carbonyl (C=O) groups is 1. The van der Waals surface area contributed by atoms with E-state index in [1.54, 1.807) is 11.3 Å². The number of carbonyl (C=O) groups excluding carboxylic acids is 1. The average Bonchev–Trinajstić information content (AvgIpc) is 2.58. The fourth-order valence-corrected chi connectivity index (χ4v) is 2.22. The third kappa shape index (κ3) is 1.55. The summed E-state index contributed by atoms with van der Waals surface area (Å²) in [6.45, 7) is 0.847. The maximum absolute atomic E-state index is 10.0. The molecule has 66 valence electrons. The highest BCUT2D eigenvalue weighted by atomic mass is 32.1. The molecule has 0 bridgehead atoms. The van der Waals surface area contributed by atoms with Gasteiger partial charge in [0.2, 0.25) is 0 Å². The zero-order valence-corrected chi connectivity index (χ0v) is 7.71. The summed E-state index contributed by atoms with van der Waals surface area (Å²) < 4.78 is 5.94. The van der Waals surface area contributed by atoms with Gasteiger partial charge in [-0.15, -0.1) is 11.3 Å². The van der Waals surface area contributed by atoms with Crippen LogP contribution in [-0.4, -0.2) is 6.47 Å².